The summed E-state index contributed by atoms with van der Waals surface area (Å²) in [4.78, 5) is 37.2. The van der Waals surface area contributed by atoms with Crippen LogP contribution in [0.2, 0.25) is 10.0 Å². The number of likely N-dealkylation sites (N-methyl/N-ethyl adjacent to an activating group) is 1. The van der Waals surface area contributed by atoms with Crippen molar-refractivity contribution in [3.63, 3.8) is 0 Å². The Kier molecular flexibility index (Phi) is 8.67. The van der Waals surface area contributed by atoms with Crippen LogP contribution in [0.5, 0.6) is 0 Å². The molecule has 0 bridgehead atoms. The van der Waals surface area contributed by atoms with E-state index in [0.717, 1.165) is 16.9 Å². The Bertz CT molecular complexity index is 1520. The largest absolute Gasteiger partial charge is 0.368 e. The van der Waals surface area contributed by atoms with Crippen LogP contribution >= 0.6 is 23.2 Å². The van der Waals surface area contributed by atoms with Crippen LogP contribution in [0.4, 0.5) is 11.4 Å². The number of carbonyl (C=O) groups is 1. The number of para-hydroxylation sites is 1. The van der Waals surface area contributed by atoms with E-state index < -0.39 is 0 Å². The summed E-state index contributed by atoms with van der Waals surface area (Å²) < 4.78 is 1.44. The van der Waals surface area contributed by atoms with E-state index in [1.165, 1.54) is 4.68 Å². The van der Waals surface area contributed by atoms with E-state index in [1.807, 2.05) is 71.4 Å². The third-order valence-electron chi connectivity index (χ3n) is 7.06. The van der Waals surface area contributed by atoms with E-state index in [2.05, 4.69) is 15.0 Å². The Morgan fingerprint density at radius 2 is 1.70 bits per heavy atom. The first-order valence-corrected chi connectivity index (χ1v) is 13.9. The summed E-state index contributed by atoms with van der Waals surface area (Å²) in [5.41, 5.74) is 3.64. The Morgan fingerprint density at radius 3 is 2.40 bits per heavy atom. The lowest BCUT2D eigenvalue weighted by atomic mass is 10.1. The Hall–Kier alpha value is -3.88. The van der Waals surface area contributed by atoms with Gasteiger partial charge in [-0.2, -0.15) is 9.78 Å². The van der Waals surface area contributed by atoms with Crippen LogP contribution in [0.15, 0.2) is 83.9 Å². The number of carbonyl (C=O) groups excluding carboxylic acids is 1. The number of hydrogen-bond donors (Lipinski definition) is 0. The van der Waals surface area contributed by atoms with Gasteiger partial charge < -0.3 is 14.7 Å². The zero-order valence-electron chi connectivity index (χ0n) is 22.2. The lowest BCUT2D eigenvalue weighted by Gasteiger charge is -2.37. The molecule has 1 amide bonds. The van der Waals surface area contributed by atoms with Gasteiger partial charge in [0.15, 0.2) is 0 Å². The molecule has 2 aromatic carbocycles. The molecule has 4 aromatic rings. The second-order valence-corrected chi connectivity index (χ2v) is 10.5. The first-order valence-electron chi connectivity index (χ1n) is 13.2. The number of nitrogens with zero attached hydrogens (tertiary/aromatic N) is 6. The van der Waals surface area contributed by atoms with Crippen LogP contribution in [-0.4, -0.2) is 65.3 Å². The number of piperazine rings is 1. The maximum absolute atomic E-state index is 13.8. The van der Waals surface area contributed by atoms with Crippen molar-refractivity contribution >= 4 is 40.5 Å². The van der Waals surface area contributed by atoms with Crippen LogP contribution < -0.4 is 15.4 Å². The first-order chi connectivity index (χ1) is 19.4. The van der Waals surface area contributed by atoms with E-state index in [9.17, 15) is 9.59 Å². The van der Waals surface area contributed by atoms with Crippen molar-refractivity contribution in [2.75, 3.05) is 49.6 Å². The molecule has 0 atom stereocenters. The number of pyridine rings is 1. The van der Waals surface area contributed by atoms with Crippen molar-refractivity contribution in [3.8, 4) is 5.69 Å². The van der Waals surface area contributed by atoms with Crippen LogP contribution in [0, 0.1) is 0 Å². The second kappa shape index (κ2) is 12.5. The molecule has 0 radical (unpaired) electrons. The fourth-order valence-electron chi connectivity index (χ4n) is 4.85. The maximum Gasteiger partial charge on any atom is 0.297 e. The minimum Gasteiger partial charge on any atom is -0.368 e. The summed E-state index contributed by atoms with van der Waals surface area (Å²) in [5, 5.41) is 5.44. The fourth-order valence-corrected chi connectivity index (χ4v) is 5.17. The topological polar surface area (TPSA) is 74.6 Å². The molecule has 1 saturated heterocycles. The predicted molar refractivity (Wildman–Crippen MR) is 160 cm³/mol. The van der Waals surface area contributed by atoms with Crippen molar-refractivity contribution in [1.29, 1.82) is 0 Å². The third kappa shape index (κ3) is 6.29. The molecule has 40 heavy (non-hydrogen) atoms. The smallest absolute Gasteiger partial charge is 0.297 e. The van der Waals surface area contributed by atoms with Gasteiger partial charge >= 0.3 is 0 Å². The number of amides is 1. The highest BCUT2D eigenvalue weighted by Crippen LogP contribution is 2.27. The molecule has 1 fully saturated rings. The average Bonchev–Trinajstić information content (AvgIpc) is 2.98. The highest BCUT2D eigenvalue weighted by molar-refractivity contribution is 6.42. The SMILES string of the molecule is CN(CCc1ccccn1)c1c(N2CCN(C(=O)Cc3ccc(Cl)c(Cl)c3)CC2)cnn(-c2ccccc2)c1=O. The van der Waals surface area contributed by atoms with E-state index in [-0.39, 0.29) is 17.9 Å². The van der Waals surface area contributed by atoms with Crippen molar-refractivity contribution in [1.82, 2.24) is 19.7 Å². The molecule has 1 aliphatic rings. The van der Waals surface area contributed by atoms with Gasteiger partial charge in [0.1, 0.15) is 5.69 Å². The second-order valence-electron chi connectivity index (χ2n) is 9.72. The van der Waals surface area contributed by atoms with Gasteiger partial charge in [0.25, 0.3) is 5.56 Å². The van der Waals surface area contributed by atoms with Crippen molar-refractivity contribution < 1.29 is 4.79 Å². The molecular formula is C30H30Cl2N6O2. The summed E-state index contributed by atoms with van der Waals surface area (Å²) in [6.07, 6.45) is 4.49. The molecule has 0 aliphatic carbocycles. The highest BCUT2D eigenvalue weighted by atomic mass is 35.5. The summed E-state index contributed by atoms with van der Waals surface area (Å²) in [7, 11) is 1.93. The minimum absolute atomic E-state index is 0.0309. The monoisotopic (exact) mass is 576 g/mol. The van der Waals surface area contributed by atoms with E-state index in [4.69, 9.17) is 23.2 Å². The Labute approximate surface area is 243 Å². The Balaban J connectivity index is 1.35. The molecule has 206 valence electrons. The summed E-state index contributed by atoms with van der Waals surface area (Å²) in [6.45, 7) is 2.87. The first kappa shape index (κ1) is 27.7. The number of anilines is 2. The maximum atomic E-state index is 13.8. The Morgan fingerprint density at radius 1 is 0.950 bits per heavy atom. The summed E-state index contributed by atoms with van der Waals surface area (Å²) in [6, 6.07) is 20.5. The van der Waals surface area contributed by atoms with Gasteiger partial charge in [-0.25, -0.2) is 0 Å². The molecule has 0 saturated carbocycles. The quantitative estimate of drug-likeness (QED) is 0.307. The van der Waals surface area contributed by atoms with Gasteiger partial charge in [-0.1, -0.05) is 53.5 Å². The number of halogens is 2. The number of hydrogen-bond acceptors (Lipinski definition) is 6. The molecule has 3 heterocycles. The number of rotatable bonds is 8. The predicted octanol–water partition coefficient (Wildman–Crippen LogP) is 4.50. The zero-order chi connectivity index (χ0) is 28.1. The van der Waals surface area contributed by atoms with E-state index in [0.29, 0.717) is 60.6 Å². The lowest BCUT2D eigenvalue weighted by molar-refractivity contribution is -0.130. The standard InChI is InChI=1S/C30H30Cl2N6O2/c1-35(14-12-23-7-5-6-13-33-23)29-27(21-34-38(30(29)40)24-8-3-2-4-9-24)36-15-17-37(18-16-36)28(39)20-22-10-11-25(31)26(32)19-22/h2-11,13,19,21H,12,14-18,20H2,1H3. The van der Waals surface area contributed by atoms with Gasteiger partial charge in [-0.05, 0) is 42.0 Å². The fraction of sp³-hybridized carbons (Fsp3) is 0.267. The van der Waals surface area contributed by atoms with Crippen molar-refractivity contribution in [2.45, 2.75) is 12.8 Å². The molecule has 10 heteroatoms. The third-order valence-corrected chi connectivity index (χ3v) is 7.80. The van der Waals surface area contributed by atoms with E-state index in [1.54, 1.807) is 24.5 Å². The van der Waals surface area contributed by atoms with Crippen LogP contribution in [0.1, 0.15) is 11.3 Å². The van der Waals surface area contributed by atoms with Crippen molar-refractivity contribution in [3.05, 3.63) is 111 Å². The minimum atomic E-state index is -0.189. The molecular weight excluding hydrogens is 547 g/mol. The average molecular weight is 578 g/mol. The van der Waals surface area contributed by atoms with Gasteiger partial charge in [-0.15, -0.1) is 0 Å². The molecule has 0 unspecified atom stereocenters. The molecule has 8 nitrogen and oxygen atoms in total. The summed E-state index contributed by atoms with van der Waals surface area (Å²) in [5.74, 6) is 0.0309. The molecule has 0 spiro atoms. The van der Waals surface area contributed by atoms with Crippen LogP contribution in [0.3, 0.4) is 0 Å². The zero-order valence-corrected chi connectivity index (χ0v) is 23.7. The molecule has 1 aliphatic heterocycles. The van der Waals surface area contributed by atoms with Crippen molar-refractivity contribution in [2.24, 2.45) is 0 Å². The van der Waals surface area contributed by atoms with Gasteiger partial charge in [0.05, 0.1) is 34.0 Å². The van der Waals surface area contributed by atoms with E-state index >= 15 is 0 Å². The molecule has 5 rings (SSSR count). The molecule has 2 aromatic heterocycles. The van der Waals surface area contributed by atoms with Crippen LogP contribution in [0.25, 0.3) is 5.69 Å². The van der Waals surface area contributed by atoms with Gasteiger partial charge in [-0.3, -0.25) is 14.6 Å². The highest BCUT2D eigenvalue weighted by Gasteiger charge is 2.26. The summed E-state index contributed by atoms with van der Waals surface area (Å²) >= 11 is 12.1. The lowest BCUT2D eigenvalue weighted by Crippen LogP contribution is -2.50. The van der Waals surface area contributed by atoms with Gasteiger partial charge in [0, 0.05) is 58.1 Å². The normalized spacial score (nSPS) is 13.4. The van der Waals surface area contributed by atoms with Crippen LogP contribution in [-0.2, 0) is 17.6 Å². The number of benzene rings is 2. The number of aromatic nitrogens is 3. The van der Waals surface area contributed by atoms with Gasteiger partial charge in [0.2, 0.25) is 5.91 Å². The molecule has 0 N–H and O–H groups in total.